The third-order valence-electron chi connectivity index (χ3n) is 5.65. The summed E-state index contributed by atoms with van der Waals surface area (Å²) in [5.41, 5.74) is 1.80. The van der Waals surface area contributed by atoms with Crippen LogP contribution in [-0.2, 0) is 0 Å². The second-order valence-electron chi connectivity index (χ2n) is 7.51. The first-order chi connectivity index (χ1) is 12.2. The molecule has 0 saturated carbocycles. The van der Waals surface area contributed by atoms with Gasteiger partial charge in [-0.25, -0.2) is 0 Å². The van der Waals surface area contributed by atoms with Gasteiger partial charge in [-0.1, -0.05) is 44.4 Å². The average molecular weight is 341 g/mol. The van der Waals surface area contributed by atoms with Gasteiger partial charge in [0.05, 0.1) is 0 Å². The molecule has 1 fully saturated rings. The van der Waals surface area contributed by atoms with Crippen molar-refractivity contribution >= 4 is 16.8 Å². The van der Waals surface area contributed by atoms with E-state index in [0.29, 0.717) is 12.2 Å². The smallest absolute Gasteiger partial charge is 0.198 e. The van der Waals surface area contributed by atoms with Crippen molar-refractivity contribution in [2.75, 3.05) is 19.6 Å². The van der Waals surface area contributed by atoms with Gasteiger partial charge < -0.3 is 9.32 Å². The number of piperidine rings is 1. The SMILES string of the molecule is CCCCC1CCN(CCCC(=O)c2oc3ccccc3c2C)CC1. The number of unbranched alkanes of at least 4 members (excludes halogenated alkanes) is 1. The molecular weight excluding hydrogens is 310 g/mol. The molecule has 2 aromatic rings. The number of carbonyl (C=O) groups excluding carboxylic acids is 1. The number of nitrogens with zero attached hydrogens (tertiary/aromatic N) is 1. The maximum absolute atomic E-state index is 12.5. The molecule has 3 nitrogen and oxygen atoms in total. The van der Waals surface area contributed by atoms with E-state index < -0.39 is 0 Å². The van der Waals surface area contributed by atoms with Crippen LogP contribution in [0.25, 0.3) is 11.0 Å². The molecule has 136 valence electrons. The van der Waals surface area contributed by atoms with E-state index in [9.17, 15) is 4.79 Å². The van der Waals surface area contributed by atoms with E-state index in [-0.39, 0.29) is 5.78 Å². The van der Waals surface area contributed by atoms with E-state index in [1.165, 1.54) is 45.2 Å². The van der Waals surface area contributed by atoms with Crippen molar-refractivity contribution in [3.63, 3.8) is 0 Å². The van der Waals surface area contributed by atoms with Crippen LogP contribution in [0.15, 0.2) is 28.7 Å². The lowest BCUT2D eigenvalue weighted by Crippen LogP contribution is -2.34. The van der Waals surface area contributed by atoms with Gasteiger partial charge in [0.25, 0.3) is 0 Å². The number of likely N-dealkylation sites (tertiary alicyclic amines) is 1. The number of rotatable bonds is 8. The molecule has 0 radical (unpaired) electrons. The first-order valence-corrected chi connectivity index (χ1v) is 9.92. The van der Waals surface area contributed by atoms with Gasteiger partial charge in [0.2, 0.25) is 0 Å². The number of carbonyl (C=O) groups is 1. The normalized spacial score (nSPS) is 16.6. The fourth-order valence-electron chi connectivity index (χ4n) is 4.01. The number of hydrogen-bond acceptors (Lipinski definition) is 3. The number of para-hydroxylation sites is 1. The quantitative estimate of drug-likeness (QED) is 0.585. The Balaban J connectivity index is 1.44. The number of ketones is 1. The highest BCUT2D eigenvalue weighted by atomic mass is 16.3. The van der Waals surface area contributed by atoms with Gasteiger partial charge in [0, 0.05) is 17.4 Å². The lowest BCUT2D eigenvalue weighted by atomic mass is 9.91. The van der Waals surface area contributed by atoms with Crippen LogP contribution >= 0.6 is 0 Å². The summed E-state index contributed by atoms with van der Waals surface area (Å²) in [6.45, 7) is 7.69. The largest absolute Gasteiger partial charge is 0.453 e. The first-order valence-electron chi connectivity index (χ1n) is 9.92. The number of benzene rings is 1. The summed E-state index contributed by atoms with van der Waals surface area (Å²) in [5.74, 6) is 1.63. The fraction of sp³-hybridized carbons (Fsp3) is 0.591. The van der Waals surface area contributed by atoms with Crippen LogP contribution in [0.1, 0.15) is 68.0 Å². The topological polar surface area (TPSA) is 33.5 Å². The monoisotopic (exact) mass is 341 g/mol. The summed E-state index contributed by atoms with van der Waals surface area (Å²) in [5, 5.41) is 1.06. The lowest BCUT2D eigenvalue weighted by molar-refractivity contribution is 0.0944. The minimum atomic E-state index is 0.145. The number of fused-ring (bicyclic) bond motifs is 1. The number of furan rings is 1. The zero-order valence-electron chi connectivity index (χ0n) is 15.7. The van der Waals surface area contributed by atoms with Crippen molar-refractivity contribution in [3.05, 3.63) is 35.6 Å². The third-order valence-corrected chi connectivity index (χ3v) is 5.65. The molecule has 0 unspecified atom stereocenters. The van der Waals surface area contributed by atoms with E-state index in [0.717, 1.165) is 35.4 Å². The Morgan fingerprint density at radius 3 is 2.68 bits per heavy atom. The van der Waals surface area contributed by atoms with Gasteiger partial charge in [-0.3, -0.25) is 4.79 Å². The van der Waals surface area contributed by atoms with Crippen LogP contribution in [0.2, 0.25) is 0 Å². The molecule has 0 aliphatic carbocycles. The summed E-state index contributed by atoms with van der Waals surface area (Å²) in [6, 6.07) is 7.89. The highest BCUT2D eigenvalue weighted by Gasteiger charge is 2.20. The molecule has 1 aromatic heterocycles. The molecule has 1 saturated heterocycles. The van der Waals surface area contributed by atoms with Crippen LogP contribution in [0.3, 0.4) is 0 Å². The van der Waals surface area contributed by atoms with Gasteiger partial charge in [0.1, 0.15) is 5.58 Å². The Labute approximate surface area is 151 Å². The van der Waals surface area contributed by atoms with Crippen LogP contribution in [0.4, 0.5) is 0 Å². The van der Waals surface area contributed by atoms with Crippen LogP contribution < -0.4 is 0 Å². The zero-order valence-corrected chi connectivity index (χ0v) is 15.7. The van der Waals surface area contributed by atoms with Gasteiger partial charge in [-0.2, -0.15) is 0 Å². The summed E-state index contributed by atoms with van der Waals surface area (Å²) >= 11 is 0. The van der Waals surface area contributed by atoms with Crippen molar-refractivity contribution in [2.24, 2.45) is 5.92 Å². The van der Waals surface area contributed by atoms with Crippen molar-refractivity contribution in [3.8, 4) is 0 Å². The molecule has 1 aliphatic heterocycles. The van der Waals surface area contributed by atoms with E-state index in [1.54, 1.807) is 0 Å². The van der Waals surface area contributed by atoms with Crippen molar-refractivity contribution in [1.82, 2.24) is 4.90 Å². The molecular formula is C22H31NO2. The summed E-state index contributed by atoms with van der Waals surface area (Å²) in [6.07, 6.45) is 8.24. The lowest BCUT2D eigenvalue weighted by Gasteiger charge is -2.31. The van der Waals surface area contributed by atoms with E-state index in [2.05, 4.69) is 11.8 Å². The van der Waals surface area contributed by atoms with E-state index >= 15 is 0 Å². The van der Waals surface area contributed by atoms with Crippen molar-refractivity contribution in [1.29, 1.82) is 0 Å². The van der Waals surface area contributed by atoms with Crippen LogP contribution in [0, 0.1) is 12.8 Å². The molecule has 0 amide bonds. The Morgan fingerprint density at radius 2 is 1.96 bits per heavy atom. The van der Waals surface area contributed by atoms with Gasteiger partial charge >= 0.3 is 0 Å². The first kappa shape index (κ1) is 18.2. The molecule has 1 aromatic carbocycles. The average Bonchev–Trinajstić information content (AvgIpc) is 2.98. The van der Waals surface area contributed by atoms with Crippen LogP contribution in [0.5, 0.6) is 0 Å². The molecule has 0 N–H and O–H groups in total. The highest BCUT2D eigenvalue weighted by molar-refractivity contribution is 6.00. The third kappa shape index (κ3) is 4.52. The summed E-state index contributed by atoms with van der Waals surface area (Å²) in [7, 11) is 0. The predicted octanol–water partition coefficient (Wildman–Crippen LogP) is 5.61. The molecule has 1 aliphatic rings. The molecule has 25 heavy (non-hydrogen) atoms. The second-order valence-corrected chi connectivity index (χ2v) is 7.51. The second kappa shape index (κ2) is 8.66. The van der Waals surface area contributed by atoms with Crippen molar-refractivity contribution < 1.29 is 9.21 Å². The summed E-state index contributed by atoms with van der Waals surface area (Å²) in [4.78, 5) is 15.1. The molecule has 0 spiro atoms. The Kier molecular flexibility index (Phi) is 6.30. The standard InChI is InChI=1S/C22H31NO2/c1-3-4-8-18-12-15-23(16-13-18)14-7-10-20(24)22-17(2)19-9-5-6-11-21(19)25-22/h5-6,9,11,18H,3-4,7-8,10,12-16H2,1-2H3. The Morgan fingerprint density at radius 1 is 1.20 bits per heavy atom. The van der Waals surface area contributed by atoms with Gasteiger partial charge in [-0.05, 0) is 57.8 Å². The minimum Gasteiger partial charge on any atom is -0.453 e. The van der Waals surface area contributed by atoms with Gasteiger partial charge in [0.15, 0.2) is 11.5 Å². The number of Topliss-reactive ketones (excluding diaryl/α,β-unsaturated/α-hetero) is 1. The van der Waals surface area contributed by atoms with Crippen molar-refractivity contribution in [2.45, 2.75) is 58.8 Å². The maximum Gasteiger partial charge on any atom is 0.198 e. The zero-order chi connectivity index (χ0) is 17.6. The molecule has 3 heteroatoms. The molecule has 3 rings (SSSR count). The minimum absolute atomic E-state index is 0.145. The molecule has 0 bridgehead atoms. The summed E-state index contributed by atoms with van der Waals surface area (Å²) < 4.78 is 5.79. The number of aryl methyl sites for hydroxylation is 1. The van der Waals surface area contributed by atoms with E-state index in [4.69, 9.17) is 4.42 Å². The Bertz CT molecular complexity index is 695. The molecule has 2 heterocycles. The fourth-order valence-corrected chi connectivity index (χ4v) is 4.01. The van der Waals surface area contributed by atoms with E-state index in [1.807, 2.05) is 31.2 Å². The molecule has 0 atom stereocenters. The maximum atomic E-state index is 12.5. The van der Waals surface area contributed by atoms with Crippen LogP contribution in [-0.4, -0.2) is 30.3 Å². The van der Waals surface area contributed by atoms with Gasteiger partial charge in [-0.15, -0.1) is 0 Å². The highest BCUT2D eigenvalue weighted by Crippen LogP contribution is 2.26. The Hall–Kier alpha value is -1.61. The predicted molar refractivity (Wildman–Crippen MR) is 103 cm³/mol. The number of hydrogen-bond donors (Lipinski definition) is 0.